The number of anilines is 1. The van der Waals surface area contributed by atoms with Gasteiger partial charge in [0.25, 0.3) is 0 Å². The Balaban J connectivity index is 2.15. The lowest BCUT2D eigenvalue weighted by molar-refractivity contribution is 0.213. The highest BCUT2D eigenvalue weighted by Crippen LogP contribution is 2.30. The van der Waals surface area contributed by atoms with Gasteiger partial charge in [0, 0.05) is 18.8 Å². The van der Waals surface area contributed by atoms with Crippen LogP contribution in [0, 0.1) is 5.92 Å². The van der Waals surface area contributed by atoms with Crippen molar-refractivity contribution in [2.45, 2.75) is 44.4 Å². The van der Waals surface area contributed by atoms with Crippen LogP contribution >= 0.6 is 0 Å². The molecule has 1 aliphatic rings. The van der Waals surface area contributed by atoms with Crippen molar-refractivity contribution in [1.82, 2.24) is 4.31 Å². The molecule has 112 valence electrons. The first-order valence-corrected chi connectivity index (χ1v) is 8.82. The molecule has 0 radical (unpaired) electrons. The average molecular weight is 296 g/mol. The lowest BCUT2D eigenvalue weighted by Gasteiger charge is -2.35. The minimum atomic E-state index is -3.32. The Bertz CT molecular complexity index is 557. The Morgan fingerprint density at radius 2 is 1.90 bits per heavy atom. The van der Waals surface area contributed by atoms with Gasteiger partial charge >= 0.3 is 0 Å². The molecule has 2 N–H and O–H groups in total. The van der Waals surface area contributed by atoms with Crippen LogP contribution in [0.3, 0.4) is 0 Å². The van der Waals surface area contributed by atoms with Crippen molar-refractivity contribution in [3.63, 3.8) is 0 Å². The fraction of sp³-hybridized carbons (Fsp3) is 0.600. The third-order valence-electron chi connectivity index (χ3n) is 4.37. The van der Waals surface area contributed by atoms with Gasteiger partial charge in [-0.1, -0.05) is 38.0 Å². The highest BCUT2D eigenvalue weighted by molar-refractivity contribution is 7.88. The third-order valence-corrected chi connectivity index (χ3v) is 6.19. The van der Waals surface area contributed by atoms with E-state index in [9.17, 15) is 8.42 Å². The summed E-state index contributed by atoms with van der Waals surface area (Å²) in [6, 6.07) is 7.29. The number of sulfonamides is 1. The lowest BCUT2D eigenvalue weighted by atomic mass is 9.86. The van der Waals surface area contributed by atoms with E-state index in [1.54, 1.807) is 23.5 Å². The monoisotopic (exact) mass is 296 g/mol. The maximum atomic E-state index is 12.6. The van der Waals surface area contributed by atoms with Crippen LogP contribution in [-0.4, -0.2) is 25.8 Å². The molecule has 1 fully saturated rings. The highest BCUT2D eigenvalue weighted by Gasteiger charge is 2.32. The van der Waals surface area contributed by atoms with E-state index < -0.39 is 10.0 Å². The van der Waals surface area contributed by atoms with Crippen LogP contribution in [0.2, 0.25) is 0 Å². The van der Waals surface area contributed by atoms with Gasteiger partial charge in [-0.2, -0.15) is 0 Å². The van der Waals surface area contributed by atoms with E-state index in [-0.39, 0.29) is 11.8 Å². The second-order valence-corrected chi connectivity index (χ2v) is 7.83. The van der Waals surface area contributed by atoms with E-state index >= 15 is 0 Å². The zero-order chi connectivity index (χ0) is 14.8. The minimum absolute atomic E-state index is 0.0145. The molecule has 0 bridgehead atoms. The molecule has 1 saturated carbocycles. The largest absolute Gasteiger partial charge is 0.398 e. The van der Waals surface area contributed by atoms with E-state index in [2.05, 4.69) is 6.92 Å². The Hall–Kier alpha value is -1.07. The molecule has 0 aliphatic heterocycles. The minimum Gasteiger partial charge on any atom is -0.398 e. The number of hydrogen-bond donors (Lipinski definition) is 1. The maximum absolute atomic E-state index is 12.6. The molecule has 0 aromatic heterocycles. The van der Waals surface area contributed by atoms with Crippen molar-refractivity contribution in [2.75, 3.05) is 12.8 Å². The summed E-state index contributed by atoms with van der Waals surface area (Å²) < 4.78 is 26.7. The predicted octanol–water partition coefficient (Wildman–Crippen LogP) is 2.61. The van der Waals surface area contributed by atoms with Crippen LogP contribution in [-0.2, 0) is 15.8 Å². The van der Waals surface area contributed by atoms with Gasteiger partial charge in [-0.05, 0) is 30.4 Å². The molecule has 4 nitrogen and oxygen atoms in total. The summed E-state index contributed by atoms with van der Waals surface area (Å²) in [5.74, 6) is 0.413. The molecular formula is C15H24N2O2S. The number of benzene rings is 1. The van der Waals surface area contributed by atoms with E-state index in [1.807, 2.05) is 12.1 Å². The first-order chi connectivity index (χ1) is 9.42. The topological polar surface area (TPSA) is 63.4 Å². The van der Waals surface area contributed by atoms with E-state index in [0.717, 1.165) is 19.3 Å². The van der Waals surface area contributed by atoms with Crippen LogP contribution in [0.1, 0.15) is 38.2 Å². The highest BCUT2D eigenvalue weighted by atomic mass is 32.2. The van der Waals surface area contributed by atoms with Gasteiger partial charge in [0.05, 0.1) is 5.75 Å². The normalized spacial score (nSPS) is 23.9. The lowest BCUT2D eigenvalue weighted by Crippen LogP contribution is -2.43. The molecule has 0 spiro atoms. The fourth-order valence-electron chi connectivity index (χ4n) is 3.01. The number of nitrogen functional groups attached to an aromatic ring is 1. The summed E-state index contributed by atoms with van der Waals surface area (Å²) in [7, 11) is -1.61. The van der Waals surface area contributed by atoms with Gasteiger partial charge in [0.1, 0.15) is 0 Å². The zero-order valence-electron chi connectivity index (χ0n) is 12.2. The number of hydrogen-bond acceptors (Lipinski definition) is 3. The molecule has 20 heavy (non-hydrogen) atoms. The van der Waals surface area contributed by atoms with Crippen molar-refractivity contribution in [1.29, 1.82) is 0 Å². The molecular weight excluding hydrogens is 272 g/mol. The number of nitrogens with two attached hydrogens (primary N) is 1. The number of rotatable bonds is 4. The average Bonchev–Trinajstić information content (AvgIpc) is 2.41. The standard InChI is InChI=1S/C15H24N2O2S/c1-12-7-3-6-10-15(12)17(2)20(18,19)11-13-8-4-5-9-14(13)16/h4-5,8-9,12,15H,3,6-7,10-11,16H2,1-2H3. The van der Waals surface area contributed by atoms with Gasteiger partial charge in [0.2, 0.25) is 10.0 Å². The Kier molecular flexibility index (Phi) is 4.70. The second kappa shape index (κ2) is 6.14. The third kappa shape index (κ3) is 3.33. The first-order valence-electron chi connectivity index (χ1n) is 7.21. The van der Waals surface area contributed by atoms with Crippen molar-refractivity contribution >= 4 is 15.7 Å². The van der Waals surface area contributed by atoms with Gasteiger partial charge < -0.3 is 5.73 Å². The van der Waals surface area contributed by atoms with Crippen LogP contribution in [0.25, 0.3) is 0 Å². The molecule has 5 heteroatoms. The molecule has 0 saturated heterocycles. The molecule has 1 aromatic rings. The molecule has 0 amide bonds. The zero-order valence-corrected chi connectivity index (χ0v) is 13.1. The number of para-hydroxylation sites is 1. The molecule has 1 aromatic carbocycles. The summed E-state index contributed by atoms with van der Waals surface area (Å²) in [6.45, 7) is 2.15. The van der Waals surface area contributed by atoms with Crippen molar-refractivity contribution in [3.05, 3.63) is 29.8 Å². The molecule has 1 aliphatic carbocycles. The van der Waals surface area contributed by atoms with Gasteiger partial charge in [-0.25, -0.2) is 12.7 Å². The number of nitrogens with zero attached hydrogens (tertiary/aromatic N) is 1. The van der Waals surface area contributed by atoms with E-state index in [1.165, 1.54) is 6.42 Å². The maximum Gasteiger partial charge on any atom is 0.218 e. The van der Waals surface area contributed by atoms with Crippen LogP contribution in [0.4, 0.5) is 5.69 Å². The summed E-state index contributed by atoms with van der Waals surface area (Å²) in [4.78, 5) is 0. The summed E-state index contributed by atoms with van der Waals surface area (Å²) >= 11 is 0. The van der Waals surface area contributed by atoms with Crippen molar-refractivity contribution in [3.8, 4) is 0 Å². The fourth-order valence-corrected chi connectivity index (χ4v) is 4.59. The van der Waals surface area contributed by atoms with E-state index in [0.29, 0.717) is 17.2 Å². The smallest absolute Gasteiger partial charge is 0.218 e. The van der Waals surface area contributed by atoms with Crippen molar-refractivity contribution < 1.29 is 8.42 Å². The molecule has 2 unspecified atom stereocenters. The van der Waals surface area contributed by atoms with Crippen LogP contribution < -0.4 is 5.73 Å². The quantitative estimate of drug-likeness (QED) is 0.869. The van der Waals surface area contributed by atoms with Crippen molar-refractivity contribution in [2.24, 2.45) is 5.92 Å². The molecule has 2 rings (SSSR count). The second-order valence-electron chi connectivity index (χ2n) is 5.80. The molecule has 2 atom stereocenters. The summed E-state index contributed by atoms with van der Waals surface area (Å²) in [5, 5.41) is 0. The van der Waals surface area contributed by atoms with E-state index in [4.69, 9.17) is 5.73 Å². The SMILES string of the molecule is CC1CCCCC1N(C)S(=O)(=O)Cc1ccccc1N. The predicted molar refractivity (Wildman–Crippen MR) is 82.7 cm³/mol. The first kappa shape index (κ1) is 15.3. The van der Waals surface area contributed by atoms with Crippen LogP contribution in [0.15, 0.2) is 24.3 Å². The molecule has 0 heterocycles. The van der Waals surface area contributed by atoms with Crippen LogP contribution in [0.5, 0.6) is 0 Å². The summed E-state index contributed by atoms with van der Waals surface area (Å²) in [6.07, 6.45) is 4.39. The Morgan fingerprint density at radius 1 is 1.25 bits per heavy atom. The van der Waals surface area contributed by atoms with Gasteiger partial charge in [-0.15, -0.1) is 0 Å². The van der Waals surface area contributed by atoms with Gasteiger partial charge in [-0.3, -0.25) is 0 Å². The summed E-state index contributed by atoms with van der Waals surface area (Å²) in [5.41, 5.74) is 7.08. The Labute approximate surface area is 122 Å². The van der Waals surface area contributed by atoms with Gasteiger partial charge in [0.15, 0.2) is 0 Å². The Morgan fingerprint density at radius 3 is 2.55 bits per heavy atom.